The van der Waals surface area contributed by atoms with Crippen molar-refractivity contribution in [1.82, 2.24) is 9.88 Å². The third-order valence-corrected chi connectivity index (χ3v) is 5.86. The van der Waals surface area contributed by atoms with E-state index in [1.807, 2.05) is 42.2 Å². The van der Waals surface area contributed by atoms with Crippen molar-refractivity contribution < 1.29 is 9.21 Å². The van der Waals surface area contributed by atoms with E-state index in [1.54, 1.807) is 17.4 Å². The molecule has 0 bridgehead atoms. The van der Waals surface area contributed by atoms with Crippen LogP contribution in [0.5, 0.6) is 0 Å². The van der Waals surface area contributed by atoms with Crippen molar-refractivity contribution in [1.29, 1.82) is 0 Å². The van der Waals surface area contributed by atoms with Crippen molar-refractivity contribution in [2.75, 3.05) is 13.1 Å². The fourth-order valence-electron chi connectivity index (χ4n) is 3.32. The number of aromatic nitrogens is 1. The quantitative estimate of drug-likeness (QED) is 0.776. The van der Waals surface area contributed by atoms with E-state index >= 15 is 0 Å². The summed E-state index contributed by atoms with van der Waals surface area (Å²) in [5, 5.41) is 0.798. The highest BCUT2D eigenvalue weighted by Gasteiger charge is 2.28. The zero-order valence-electron chi connectivity index (χ0n) is 14.1. The van der Waals surface area contributed by atoms with Crippen molar-refractivity contribution in [3.8, 4) is 10.8 Å². The van der Waals surface area contributed by atoms with E-state index in [-0.39, 0.29) is 11.9 Å². The number of carbonyl (C=O) groups is 1. The number of thiazole rings is 1. The van der Waals surface area contributed by atoms with E-state index in [0.29, 0.717) is 24.0 Å². The van der Waals surface area contributed by atoms with Gasteiger partial charge in [-0.25, -0.2) is 4.98 Å². The van der Waals surface area contributed by atoms with E-state index in [2.05, 4.69) is 4.98 Å². The molecule has 1 amide bonds. The number of carbonyl (C=O) groups excluding carboxylic acids is 1. The predicted molar refractivity (Wildman–Crippen MR) is 99.6 cm³/mol. The van der Waals surface area contributed by atoms with E-state index in [1.165, 1.54) is 0 Å². The number of hydrogen-bond acceptors (Lipinski definition) is 5. The first kappa shape index (κ1) is 16.3. The van der Waals surface area contributed by atoms with Crippen LogP contribution in [0.4, 0.5) is 0 Å². The summed E-state index contributed by atoms with van der Waals surface area (Å²) < 4.78 is 6.94. The number of nitrogens with two attached hydrogens (primary N) is 1. The van der Waals surface area contributed by atoms with Crippen LogP contribution in [0.25, 0.3) is 21.0 Å². The van der Waals surface area contributed by atoms with Gasteiger partial charge >= 0.3 is 0 Å². The van der Waals surface area contributed by atoms with Gasteiger partial charge in [0, 0.05) is 19.1 Å². The number of likely N-dealkylation sites (tertiary alicyclic amines) is 1. The molecule has 2 unspecified atom stereocenters. The van der Waals surface area contributed by atoms with Crippen molar-refractivity contribution in [2.45, 2.75) is 25.8 Å². The van der Waals surface area contributed by atoms with Crippen LogP contribution < -0.4 is 5.73 Å². The van der Waals surface area contributed by atoms with Gasteiger partial charge in [-0.15, -0.1) is 11.3 Å². The van der Waals surface area contributed by atoms with Crippen LogP contribution in [0, 0.1) is 5.92 Å². The average Bonchev–Trinajstić information content (AvgIpc) is 3.27. The second kappa shape index (κ2) is 6.61. The average molecular weight is 355 g/mol. The maximum Gasteiger partial charge on any atom is 0.289 e. The first-order valence-corrected chi connectivity index (χ1v) is 9.44. The molecular weight excluding hydrogens is 334 g/mol. The number of fused-ring (bicyclic) bond motifs is 1. The molecule has 1 saturated heterocycles. The van der Waals surface area contributed by atoms with Gasteiger partial charge in [-0.2, -0.15) is 0 Å². The highest BCUT2D eigenvalue weighted by Crippen LogP contribution is 2.31. The lowest BCUT2D eigenvalue weighted by Gasteiger charge is -2.34. The van der Waals surface area contributed by atoms with E-state index in [0.717, 1.165) is 34.6 Å². The molecule has 1 aliphatic rings. The van der Waals surface area contributed by atoms with Crippen LogP contribution in [0.15, 0.2) is 40.8 Å². The summed E-state index contributed by atoms with van der Waals surface area (Å²) in [5.41, 5.74) is 6.96. The molecular formula is C19H21N3O2S. The summed E-state index contributed by atoms with van der Waals surface area (Å²) in [7, 11) is 0. The minimum absolute atomic E-state index is 0.0577. The molecule has 2 N–H and O–H groups in total. The molecule has 4 rings (SSSR count). The molecule has 1 fully saturated rings. The van der Waals surface area contributed by atoms with Gasteiger partial charge in [0.1, 0.15) is 0 Å². The van der Waals surface area contributed by atoms with E-state index < -0.39 is 0 Å². The predicted octanol–water partition coefficient (Wildman–Crippen LogP) is 3.76. The molecule has 2 aromatic heterocycles. The molecule has 1 aliphatic heterocycles. The zero-order valence-corrected chi connectivity index (χ0v) is 15.0. The lowest BCUT2D eigenvalue weighted by molar-refractivity contribution is 0.0630. The third kappa shape index (κ3) is 3.19. The standard InChI is InChI=1S/C19H21N3O2S/c1-12(20)13-5-4-10-22(11-13)19(23)16-9-8-15(24-16)18-21-14-6-2-3-7-17(14)25-18/h2-3,6-9,12-13H,4-5,10-11,20H2,1H3. The van der Waals surface area contributed by atoms with Crippen LogP contribution in [-0.2, 0) is 0 Å². The van der Waals surface area contributed by atoms with Gasteiger partial charge in [-0.1, -0.05) is 12.1 Å². The Morgan fingerprint density at radius 2 is 2.20 bits per heavy atom. The Hall–Kier alpha value is -2.18. The number of furan rings is 1. The topological polar surface area (TPSA) is 72.4 Å². The maximum atomic E-state index is 12.8. The molecule has 5 nitrogen and oxygen atoms in total. The van der Waals surface area contributed by atoms with Gasteiger partial charge < -0.3 is 15.1 Å². The van der Waals surface area contributed by atoms with Crippen molar-refractivity contribution in [3.63, 3.8) is 0 Å². The molecule has 1 aromatic carbocycles. The second-order valence-corrected chi connectivity index (χ2v) is 7.69. The number of amides is 1. The smallest absolute Gasteiger partial charge is 0.289 e. The summed E-state index contributed by atoms with van der Waals surface area (Å²) in [6.07, 6.45) is 2.07. The Bertz CT molecular complexity index is 866. The Kier molecular flexibility index (Phi) is 4.31. The van der Waals surface area contributed by atoms with Crippen LogP contribution in [0.2, 0.25) is 0 Å². The number of piperidine rings is 1. The maximum absolute atomic E-state index is 12.8. The van der Waals surface area contributed by atoms with Gasteiger partial charge in [-0.05, 0) is 49.9 Å². The molecule has 0 radical (unpaired) electrons. The molecule has 130 valence electrons. The monoisotopic (exact) mass is 355 g/mol. The van der Waals surface area contributed by atoms with Gasteiger partial charge in [-0.3, -0.25) is 4.79 Å². The first-order valence-electron chi connectivity index (χ1n) is 8.62. The molecule has 0 saturated carbocycles. The minimum Gasteiger partial charge on any atom is -0.448 e. The zero-order chi connectivity index (χ0) is 17.4. The summed E-state index contributed by atoms with van der Waals surface area (Å²) >= 11 is 1.57. The number of hydrogen-bond donors (Lipinski definition) is 1. The van der Waals surface area contributed by atoms with Gasteiger partial charge in [0.15, 0.2) is 16.5 Å². The minimum atomic E-state index is -0.0577. The lowest BCUT2D eigenvalue weighted by Crippen LogP contribution is -2.44. The van der Waals surface area contributed by atoms with Crippen LogP contribution in [0.3, 0.4) is 0 Å². The number of nitrogens with zero attached hydrogens (tertiary/aromatic N) is 2. The Morgan fingerprint density at radius 1 is 1.36 bits per heavy atom. The number of para-hydroxylation sites is 1. The Morgan fingerprint density at radius 3 is 3.00 bits per heavy atom. The largest absolute Gasteiger partial charge is 0.448 e. The fraction of sp³-hybridized carbons (Fsp3) is 0.368. The summed E-state index contributed by atoms with van der Waals surface area (Å²) in [5.74, 6) is 1.32. The van der Waals surface area contributed by atoms with Gasteiger partial charge in [0.25, 0.3) is 5.91 Å². The van der Waals surface area contributed by atoms with Gasteiger partial charge in [0.2, 0.25) is 0 Å². The molecule has 2 atom stereocenters. The molecule has 0 spiro atoms. The second-order valence-electron chi connectivity index (χ2n) is 6.66. The first-order chi connectivity index (χ1) is 12.1. The number of rotatable bonds is 3. The van der Waals surface area contributed by atoms with Crippen LogP contribution >= 0.6 is 11.3 Å². The van der Waals surface area contributed by atoms with Gasteiger partial charge in [0.05, 0.1) is 10.2 Å². The Balaban J connectivity index is 1.55. The van der Waals surface area contributed by atoms with Crippen LogP contribution in [-0.4, -0.2) is 34.9 Å². The van der Waals surface area contributed by atoms with Crippen molar-refractivity contribution >= 4 is 27.5 Å². The van der Waals surface area contributed by atoms with Crippen molar-refractivity contribution in [3.05, 3.63) is 42.2 Å². The molecule has 0 aliphatic carbocycles. The Labute approximate surface area is 150 Å². The summed E-state index contributed by atoms with van der Waals surface area (Å²) in [4.78, 5) is 19.2. The van der Waals surface area contributed by atoms with E-state index in [4.69, 9.17) is 10.2 Å². The number of benzene rings is 1. The SMILES string of the molecule is CC(N)C1CCCN(C(=O)c2ccc(-c3nc4ccccc4s3)o2)C1. The highest BCUT2D eigenvalue weighted by atomic mass is 32.1. The lowest BCUT2D eigenvalue weighted by atomic mass is 9.92. The summed E-state index contributed by atoms with van der Waals surface area (Å²) in [6, 6.07) is 11.7. The normalized spacial score (nSPS) is 19.3. The molecule has 3 aromatic rings. The fourth-order valence-corrected chi connectivity index (χ4v) is 4.25. The van der Waals surface area contributed by atoms with Crippen molar-refractivity contribution in [2.24, 2.45) is 11.7 Å². The molecule has 25 heavy (non-hydrogen) atoms. The molecule has 6 heteroatoms. The summed E-state index contributed by atoms with van der Waals surface area (Å²) in [6.45, 7) is 3.48. The highest BCUT2D eigenvalue weighted by molar-refractivity contribution is 7.21. The van der Waals surface area contributed by atoms with E-state index in [9.17, 15) is 4.79 Å². The molecule has 3 heterocycles. The third-order valence-electron chi connectivity index (χ3n) is 4.81. The van der Waals surface area contributed by atoms with Crippen LogP contribution in [0.1, 0.15) is 30.3 Å².